The zero-order chi connectivity index (χ0) is 14.3. The fraction of sp³-hybridized carbons (Fsp3) is 0.667. The van der Waals surface area contributed by atoms with Gasteiger partial charge in [-0.05, 0) is 37.1 Å². The SMILES string of the molecule is CCC(C)C(C)(O)CNC(=O)CCCc1cccs1. The quantitative estimate of drug-likeness (QED) is 0.770. The summed E-state index contributed by atoms with van der Waals surface area (Å²) in [6, 6.07) is 4.12. The second kappa shape index (κ2) is 7.65. The standard InChI is InChI=1S/C15H25NO2S/c1-4-12(2)15(3,18)11-16-14(17)9-5-7-13-8-6-10-19-13/h6,8,10,12,18H,4-5,7,9,11H2,1-3H3,(H,16,17). The number of aliphatic hydroxyl groups is 1. The number of hydrogen-bond acceptors (Lipinski definition) is 3. The van der Waals surface area contributed by atoms with Gasteiger partial charge in [0.05, 0.1) is 5.60 Å². The molecule has 4 heteroatoms. The molecule has 1 aromatic rings. The first-order valence-electron chi connectivity index (χ1n) is 6.97. The number of nitrogens with one attached hydrogen (secondary N) is 1. The molecule has 0 radical (unpaired) electrons. The van der Waals surface area contributed by atoms with E-state index in [1.165, 1.54) is 4.88 Å². The molecule has 1 rings (SSSR count). The summed E-state index contributed by atoms with van der Waals surface area (Å²) in [5, 5.41) is 15.1. The van der Waals surface area contributed by atoms with Gasteiger partial charge in [-0.25, -0.2) is 0 Å². The molecular weight excluding hydrogens is 258 g/mol. The molecule has 0 aromatic carbocycles. The van der Waals surface area contributed by atoms with Crippen LogP contribution in [-0.4, -0.2) is 23.2 Å². The van der Waals surface area contributed by atoms with Gasteiger partial charge in [-0.3, -0.25) is 4.79 Å². The van der Waals surface area contributed by atoms with E-state index in [0.717, 1.165) is 19.3 Å². The van der Waals surface area contributed by atoms with Gasteiger partial charge in [-0.2, -0.15) is 0 Å². The van der Waals surface area contributed by atoms with Crippen LogP contribution in [0.3, 0.4) is 0 Å². The van der Waals surface area contributed by atoms with E-state index in [0.29, 0.717) is 13.0 Å². The van der Waals surface area contributed by atoms with Gasteiger partial charge in [0.2, 0.25) is 5.91 Å². The molecule has 2 N–H and O–H groups in total. The van der Waals surface area contributed by atoms with Gasteiger partial charge in [0.15, 0.2) is 0 Å². The van der Waals surface area contributed by atoms with Crippen LogP contribution in [0, 0.1) is 5.92 Å². The Kier molecular flexibility index (Phi) is 6.52. The molecule has 0 aliphatic carbocycles. The van der Waals surface area contributed by atoms with Crippen molar-refractivity contribution in [3.8, 4) is 0 Å². The highest BCUT2D eigenvalue weighted by atomic mass is 32.1. The van der Waals surface area contributed by atoms with E-state index in [-0.39, 0.29) is 11.8 Å². The Bertz CT molecular complexity index is 374. The summed E-state index contributed by atoms with van der Waals surface area (Å²) in [4.78, 5) is 13.0. The lowest BCUT2D eigenvalue weighted by Crippen LogP contribution is -2.45. The van der Waals surface area contributed by atoms with E-state index in [2.05, 4.69) is 16.8 Å². The van der Waals surface area contributed by atoms with Crippen LogP contribution in [0.15, 0.2) is 17.5 Å². The first-order valence-corrected chi connectivity index (χ1v) is 7.85. The van der Waals surface area contributed by atoms with Gasteiger partial charge in [0.25, 0.3) is 0 Å². The first-order chi connectivity index (χ1) is 8.95. The summed E-state index contributed by atoms with van der Waals surface area (Å²) in [7, 11) is 0. The zero-order valence-corrected chi connectivity index (χ0v) is 12.9. The lowest BCUT2D eigenvalue weighted by atomic mass is 9.88. The molecule has 0 aliphatic rings. The van der Waals surface area contributed by atoms with Crippen LogP contribution in [0.25, 0.3) is 0 Å². The van der Waals surface area contributed by atoms with Crippen molar-refractivity contribution in [1.82, 2.24) is 5.32 Å². The summed E-state index contributed by atoms with van der Waals surface area (Å²) in [6.07, 6.45) is 3.24. The largest absolute Gasteiger partial charge is 0.388 e. The first kappa shape index (κ1) is 16.2. The Morgan fingerprint density at radius 1 is 1.58 bits per heavy atom. The smallest absolute Gasteiger partial charge is 0.220 e. The molecule has 3 nitrogen and oxygen atoms in total. The van der Waals surface area contributed by atoms with Crippen molar-refractivity contribution in [2.75, 3.05) is 6.54 Å². The minimum Gasteiger partial charge on any atom is -0.388 e. The van der Waals surface area contributed by atoms with E-state index >= 15 is 0 Å². The molecule has 0 saturated carbocycles. The molecule has 108 valence electrons. The van der Waals surface area contributed by atoms with Crippen molar-refractivity contribution in [2.45, 2.75) is 52.1 Å². The van der Waals surface area contributed by atoms with Crippen molar-refractivity contribution in [3.63, 3.8) is 0 Å². The number of thiophene rings is 1. The van der Waals surface area contributed by atoms with Crippen molar-refractivity contribution in [2.24, 2.45) is 5.92 Å². The Morgan fingerprint density at radius 2 is 2.32 bits per heavy atom. The molecule has 2 unspecified atom stereocenters. The Hall–Kier alpha value is -0.870. The van der Waals surface area contributed by atoms with Gasteiger partial charge in [-0.1, -0.05) is 26.3 Å². The second-order valence-corrected chi connectivity index (χ2v) is 6.41. The fourth-order valence-corrected chi connectivity index (χ4v) is 2.61. The van der Waals surface area contributed by atoms with Crippen LogP contribution in [0.1, 0.15) is 44.9 Å². The van der Waals surface area contributed by atoms with Crippen LogP contribution in [0.2, 0.25) is 0 Å². The molecule has 19 heavy (non-hydrogen) atoms. The third-order valence-electron chi connectivity index (χ3n) is 3.72. The molecule has 0 spiro atoms. The Labute approximate surface area is 120 Å². The maximum Gasteiger partial charge on any atom is 0.220 e. The average molecular weight is 283 g/mol. The van der Waals surface area contributed by atoms with Gasteiger partial charge < -0.3 is 10.4 Å². The zero-order valence-electron chi connectivity index (χ0n) is 12.1. The molecule has 0 bridgehead atoms. The lowest BCUT2D eigenvalue weighted by molar-refractivity contribution is -0.122. The van der Waals surface area contributed by atoms with E-state index in [1.807, 2.05) is 19.9 Å². The Balaban J connectivity index is 2.20. The van der Waals surface area contributed by atoms with Crippen molar-refractivity contribution in [1.29, 1.82) is 0 Å². The van der Waals surface area contributed by atoms with E-state index in [1.54, 1.807) is 18.3 Å². The van der Waals surface area contributed by atoms with E-state index < -0.39 is 5.60 Å². The van der Waals surface area contributed by atoms with Crippen LogP contribution in [-0.2, 0) is 11.2 Å². The van der Waals surface area contributed by atoms with Crippen LogP contribution in [0.5, 0.6) is 0 Å². The minimum atomic E-state index is -0.821. The van der Waals surface area contributed by atoms with Crippen LogP contribution in [0.4, 0.5) is 0 Å². The van der Waals surface area contributed by atoms with Crippen molar-refractivity contribution >= 4 is 17.2 Å². The molecule has 1 heterocycles. The van der Waals surface area contributed by atoms with Gasteiger partial charge in [0.1, 0.15) is 0 Å². The van der Waals surface area contributed by atoms with Crippen LogP contribution >= 0.6 is 11.3 Å². The molecule has 2 atom stereocenters. The fourth-order valence-electron chi connectivity index (χ4n) is 1.86. The number of rotatable bonds is 8. The summed E-state index contributed by atoms with van der Waals surface area (Å²) in [6.45, 7) is 6.16. The normalized spacial score (nSPS) is 15.8. The third kappa shape index (κ3) is 5.74. The average Bonchev–Trinajstić information content (AvgIpc) is 2.88. The highest BCUT2D eigenvalue weighted by molar-refractivity contribution is 7.09. The molecule has 0 fully saturated rings. The summed E-state index contributed by atoms with van der Waals surface area (Å²) in [5.74, 6) is 0.207. The van der Waals surface area contributed by atoms with Crippen molar-refractivity contribution < 1.29 is 9.90 Å². The maximum atomic E-state index is 11.7. The highest BCUT2D eigenvalue weighted by Crippen LogP contribution is 2.19. The lowest BCUT2D eigenvalue weighted by Gasteiger charge is -2.29. The molecule has 0 aliphatic heterocycles. The molecular formula is C15H25NO2S. The number of carbonyl (C=O) groups is 1. The predicted octanol–water partition coefficient (Wildman–Crippen LogP) is 2.98. The highest BCUT2D eigenvalue weighted by Gasteiger charge is 2.27. The summed E-state index contributed by atoms with van der Waals surface area (Å²) >= 11 is 1.73. The van der Waals surface area contributed by atoms with Gasteiger partial charge in [-0.15, -0.1) is 11.3 Å². The summed E-state index contributed by atoms with van der Waals surface area (Å²) < 4.78 is 0. The monoisotopic (exact) mass is 283 g/mol. The van der Waals surface area contributed by atoms with E-state index in [4.69, 9.17) is 0 Å². The second-order valence-electron chi connectivity index (χ2n) is 5.38. The van der Waals surface area contributed by atoms with Crippen molar-refractivity contribution in [3.05, 3.63) is 22.4 Å². The van der Waals surface area contributed by atoms with Crippen LogP contribution < -0.4 is 5.32 Å². The topological polar surface area (TPSA) is 49.3 Å². The molecule has 1 aromatic heterocycles. The maximum absolute atomic E-state index is 11.7. The third-order valence-corrected chi connectivity index (χ3v) is 4.66. The number of hydrogen-bond donors (Lipinski definition) is 2. The Morgan fingerprint density at radius 3 is 2.89 bits per heavy atom. The predicted molar refractivity (Wildman–Crippen MR) is 80.3 cm³/mol. The molecule has 0 saturated heterocycles. The number of amides is 1. The molecule has 1 amide bonds. The van der Waals surface area contributed by atoms with Gasteiger partial charge >= 0.3 is 0 Å². The number of carbonyl (C=O) groups excluding carboxylic acids is 1. The number of aryl methyl sites for hydroxylation is 1. The van der Waals surface area contributed by atoms with E-state index in [9.17, 15) is 9.90 Å². The van der Waals surface area contributed by atoms with Gasteiger partial charge in [0, 0.05) is 17.8 Å². The summed E-state index contributed by atoms with van der Waals surface area (Å²) in [5.41, 5.74) is -0.821. The minimum absolute atomic E-state index is 0.0279.